The number of hydrogen-bond acceptors (Lipinski definition) is 4. The fraction of sp³-hybridized carbons (Fsp3) is 0.429. The molecule has 0 saturated carbocycles. The molecular formula is C14H18N2O3. The summed E-state index contributed by atoms with van der Waals surface area (Å²) in [6.07, 6.45) is 1.77. The Kier molecular flexibility index (Phi) is 3.97. The maximum atomic E-state index is 12.4. The highest BCUT2D eigenvalue weighted by Gasteiger charge is 2.25. The van der Waals surface area contributed by atoms with Crippen molar-refractivity contribution in [3.8, 4) is 0 Å². The number of aliphatic hydroxyl groups excluding tert-OH is 2. The largest absolute Gasteiger partial charge is 0.396 e. The van der Waals surface area contributed by atoms with Crippen molar-refractivity contribution in [2.75, 3.05) is 13.2 Å². The first-order chi connectivity index (χ1) is 9.10. The van der Waals surface area contributed by atoms with Crippen molar-refractivity contribution in [2.45, 2.75) is 19.8 Å². The monoisotopic (exact) mass is 262 g/mol. The van der Waals surface area contributed by atoms with E-state index < -0.39 is 5.92 Å². The lowest BCUT2D eigenvalue weighted by Gasteiger charge is -2.10. The number of aromatic nitrogens is 2. The molecular weight excluding hydrogens is 244 g/mol. The van der Waals surface area contributed by atoms with E-state index in [0.29, 0.717) is 16.8 Å². The molecule has 0 bridgehead atoms. The zero-order valence-electron chi connectivity index (χ0n) is 11.1. The van der Waals surface area contributed by atoms with E-state index in [9.17, 15) is 9.90 Å². The highest BCUT2D eigenvalue weighted by atomic mass is 16.3. The number of pyridine rings is 1. The third-order valence-corrected chi connectivity index (χ3v) is 3.28. The Hall–Kier alpha value is -1.72. The van der Waals surface area contributed by atoms with Gasteiger partial charge in [-0.1, -0.05) is 19.9 Å². The second-order valence-corrected chi connectivity index (χ2v) is 4.82. The molecule has 0 fully saturated rings. The molecule has 0 amide bonds. The number of Topliss-reactive ketones (excluding diaryl/α,β-unsaturated/α-hetero) is 1. The van der Waals surface area contributed by atoms with Crippen LogP contribution < -0.4 is 0 Å². The number of rotatable bonds is 5. The van der Waals surface area contributed by atoms with E-state index >= 15 is 0 Å². The van der Waals surface area contributed by atoms with Gasteiger partial charge >= 0.3 is 0 Å². The van der Waals surface area contributed by atoms with Crippen molar-refractivity contribution in [2.24, 2.45) is 5.92 Å². The summed E-state index contributed by atoms with van der Waals surface area (Å²) < 4.78 is 1.64. The van der Waals surface area contributed by atoms with Gasteiger partial charge in [-0.2, -0.15) is 5.10 Å². The summed E-state index contributed by atoms with van der Waals surface area (Å²) >= 11 is 0. The smallest absolute Gasteiger partial charge is 0.172 e. The molecule has 0 aromatic carbocycles. The molecule has 0 radical (unpaired) electrons. The van der Waals surface area contributed by atoms with Crippen molar-refractivity contribution in [3.05, 3.63) is 35.7 Å². The zero-order valence-corrected chi connectivity index (χ0v) is 11.1. The van der Waals surface area contributed by atoms with Crippen molar-refractivity contribution in [1.82, 2.24) is 9.61 Å². The van der Waals surface area contributed by atoms with E-state index in [2.05, 4.69) is 5.10 Å². The number of ketones is 1. The van der Waals surface area contributed by atoms with Gasteiger partial charge in [0.1, 0.15) is 0 Å². The van der Waals surface area contributed by atoms with Crippen LogP contribution in [0.15, 0.2) is 24.4 Å². The number of aliphatic hydroxyl groups is 2. The van der Waals surface area contributed by atoms with Gasteiger partial charge in [0.15, 0.2) is 5.78 Å². The highest BCUT2D eigenvalue weighted by molar-refractivity contribution is 6.04. The van der Waals surface area contributed by atoms with Crippen LogP contribution in [-0.4, -0.2) is 38.8 Å². The molecule has 2 N–H and O–H groups in total. The molecule has 2 unspecified atom stereocenters. The summed E-state index contributed by atoms with van der Waals surface area (Å²) in [5.41, 5.74) is 1.80. The van der Waals surface area contributed by atoms with Gasteiger partial charge in [0.2, 0.25) is 0 Å². The second kappa shape index (κ2) is 5.50. The number of carbonyl (C=O) groups excluding carboxylic acids is 1. The van der Waals surface area contributed by atoms with Crippen LogP contribution in [0.2, 0.25) is 0 Å². The van der Waals surface area contributed by atoms with Gasteiger partial charge in [-0.25, -0.2) is 4.52 Å². The molecule has 2 aromatic rings. The molecule has 102 valence electrons. The molecule has 0 saturated heterocycles. The maximum absolute atomic E-state index is 12.4. The first-order valence-corrected chi connectivity index (χ1v) is 6.33. The van der Waals surface area contributed by atoms with E-state index in [1.54, 1.807) is 17.6 Å². The fourth-order valence-electron chi connectivity index (χ4n) is 2.03. The Labute approximate surface area is 111 Å². The molecule has 0 aliphatic rings. The lowest BCUT2D eigenvalue weighted by molar-refractivity contribution is 0.0877. The first-order valence-electron chi connectivity index (χ1n) is 6.33. The third-order valence-electron chi connectivity index (χ3n) is 3.28. The van der Waals surface area contributed by atoms with Crippen LogP contribution in [0.1, 0.15) is 35.8 Å². The van der Waals surface area contributed by atoms with Crippen LogP contribution >= 0.6 is 0 Å². The van der Waals surface area contributed by atoms with Crippen LogP contribution in [-0.2, 0) is 0 Å². The van der Waals surface area contributed by atoms with E-state index in [0.717, 1.165) is 0 Å². The predicted octanol–water partition coefficient (Wildman–Crippen LogP) is 1.24. The molecule has 0 aliphatic heterocycles. The van der Waals surface area contributed by atoms with Crippen molar-refractivity contribution in [1.29, 1.82) is 0 Å². The molecule has 2 rings (SSSR count). The van der Waals surface area contributed by atoms with Gasteiger partial charge in [-0.05, 0) is 12.1 Å². The van der Waals surface area contributed by atoms with Crippen LogP contribution in [0.4, 0.5) is 0 Å². The minimum atomic E-state index is -0.474. The average Bonchev–Trinajstić information content (AvgIpc) is 2.84. The molecule has 5 nitrogen and oxygen atoms in total. The topological polar surface area (TPSA) is 74.8 Å². The molecule has 2 heterocycles. The minimum Gasteiger partial charge on any atom is -0.396 e. The third kappa shape index (κ3) is 2.39. The molecule has 2 aromatic heterocycles. The molecule has 0 aliphatic carbocycles. The Morgan fingerprint density at radius 2 is 2.05 bits per heavy atom. The van der Waals surface area contributed by atoms with E-state index in [1.807, 2.05) is 25.1 Å². The number of fused-ring (bicyclic) bond motifs is 1. The summed E-state index contributed by atoms with van der Waals surface area (Å²) in [4.78, 5) is 12.4. The highest BCUT2D eigenvalue weighted by Crippen LogP contribution is 2.25. The van der Waals surface area contributed by atoms with Gasteiger partial charge in [0.25, 0.3) is 0 Å². The Morgan fingerprint density at radius 3 is 2.68 bits per heavy atom. The van der Waals surface area contributed by atoms with Gasteiger partial charge in [0.05, 0.1) is 30.0 Å². The number of nitrogens with zero attached hydrogens (tertiary/aromatic N) is 2. The number of carbonyl (C=O) groups is 1. The van der Waals surface area contributed by atoms with Crippen molar-refractivity contribution >= 4 is 11.3 Å². The summed E-state index contributed by atoms with van der Waals surface area (Å²) in [7, 11) is 0. The maximum Gasteiger partial charge on any atom is 0.172 e. The van der Waals surface area contributed by atoms with Crippen LogP contribution in [0, 0.1) is 5.92 Å². The first kappa shape index (κ1) is 13.7. The molecule has 0 spiro atoms. The number of hydrogen-bond donors (Lipinski definition) is 2. The summed E-state index contributed by atoms with van der Waals surface area (Å²) in [6.45, 7) is 3.23. The van der Waals surface area contributed by atoms with Crippen LogP contribution in [0.5, 0.6) is 0 Å². The zero-order chi connectivity index (χ0) is 14.0. The molecule has 5 heteroatoms. The quantitative estimate of drug-likeness (QED) is 0.795. The van der Waals surface area contributed by atoms with Crippen LogP contribution in [0.3, 0.4) is 0 Å². The SMILES string of the molecule is CC(CO)C(=O)c1c(C(C)CO)nn2ccccc12. The van der Waals surface area contributed by atoms with E-state index in [4.69, 9.17) is 5.11 Å². The lowest BCUT2D eigenvalue weighted by atomic mass is 9.94. The Balaban J connectivity index is 2.64. The van der Waals surface area contributed by atoms with Gasteiger partial charge < -0.3 is 10.2 Å². The summed E-state index contributed by atoms with van der Waals surface area (Å²) in [5, 5.41) is 22.8. The predicted molar refractivity (Wildman–Crippen MR) is 71.3 cm³/mol. The normalized spacial score (nSPS) is 14.5. The minimum absolute atomic E-state index is 0.0718. The lowest BCUT2D eigenvalue weighted by Crippen LogP contribution is -2.17. The van der Waals surface area contributed by atoms with Gasteiger partial charge in [0, 0.05) is 18.0 Å². The summed E-state index contributed by atoms with van der Waals surface area (Å²) in [6, 6.07) is 5.49. The second-order valence-electron chi connectivity index (χ2n) is 4.82. The van der Waals surface area contributed by atoms with E-state index in [1.165, 1.54) is 0 Å². The van der Waals surface area contributed by atoms with Crippen molar-refractivity contribution < 1.29 is 15.0 Å². The summed E-state index contributed by atoms with van der Waals surface area (Å²) in [5.74, 6) is -0.832. The Bertz CT molecular complexity index is 591. The average molecular weight is 262 g/mol. The van der Waals surface area contributed by atoms with Gasteiger partial charge in [-0.15, -0.1) is 0 Å². The fourth-order valence-corrected chi connectivity index (χ4v) is 2.03. The van der Waals surface area contributed by atoms with E-state index in [-0.39, 0.29) is 24.9 Å². The molecule has 2 atom stereocenters. The van der Waals surface area contributed by atoms with Crippen molar-refractivity contribution in [3.63, 3.8) is 0 Å². The van der Waals surface area contributed by atoms with Crippen LogP contribution in [0.25, 0.3) is 5.52 Å². The van der Waals surface area contributed by atoms with Gasteiger partial charge in [-0.3, -0.25) is 4.79 Å². The Morgan fingerprint density at radius 1 is 1.32 bits per heavy atom. The molecule has 19 heavy (non-hydrogen) atoms. The standard InChI is InChI=1S/C14H18N2O3/c1-9(7-17)13-12(14(19)10(2)8-18)11-5-3-4-6-16(11)15-13/h3-6,9-10,17-18H,7-8H2,1-2H3.